The maximum atomic E-state index is 6.02. The van der Waals surface area contributed by atoms with Gasteiger partial charge in [0.05, 0.1) is 16.1 Å². The van der Waals surface area contributed by atoms with Gasteiger partial charge in [-0.1, -0.05) is 29.3 Å². The largest absolute Gasteiger partial charge is 0.373 e. The minimum absolute atomic E-state index is 0. The van der Waals surface area contributed by atoms with E-state index in [1.807, 2.05) is 25.1 Å². The fourth-order valence-electron chi connectivity index (χ4n) is 1.90. The zero-order chi connectivity index (χ0) is 11.5. The first-order valence-electron chi connectivity index (χ1n) is 5.49. The van der Waals surface area contributed by atoms with E-state index in [1.54, 1.807) is 0 Å². The molecule has 1 atom stereocenters. The molecule has 0 radical (unpaired) electrons. The van der Waals surface area contributed by atoms with Crippen LogP contribution in [0.2, 0.25) is 10.0 Å². The Morgan fingerprint density at radius 2 is 2.06 bits per heavy atom. The van der Waals surface area contributed by atoms with Crippen LogP contribution in [0.25, 0.3) is 0 Å². The molecule has 1 saturated heterocycles. The van der Waals surface area contributed by atoms with Gasteiger partial charge >= 0.3 is 0 Å². The summed E-state index contributed by atoms with van der Waals surface area (Å²) < 4.78 is 5.79. The number of hydrogen-bond acceptors (Lipinski definition) is 2. The molecular weight excluding hydrogens is 280 g/mol. The summed E-state index contributed by atoms with van der Waals surface area (Å²) in [5.41, 5.74) is 1.11. The lowest BCUT2D eigenvalue weighted by molar-refractivity contribution is 0.000440. The van der Waals surface area contributed by atoms with Gasteiger partial charge in [-0.25, -0.2) is 0 Å². The molecule has 0 bridgehead atoms. The van der Waals surface area contributed by atoms with Gasteiger partial charge in [-0.15, -0.1) is 12.4 Å². The number of rotatable bonds is 4. The summed E-state index contributed by atoms with van der Waals surface area (Å²) in [5.74, 6) is 0.539. The lowest BCUT2D eigenvalue weighted by Gasteiger charge is -2.34. The fraction of sp³-hybridized carbons (Fsp3) is 0.500. The van der Waals surface area contributed by atoms with Crippen molar-refractivity contribution in [3.8, 4) is 0 Å². The second-order valence-electron chi connectivity index (χ2n) is 3.97. The Morgan fingerprint density at radius 1 is 1.35 bits per heavy atom. The van der Waals surface area contributed by atoms with Crippen molar-refractivity contribution in [2.75, 3.05) is 19.7 Å². The Balaban J connectivity index is 0.00000144. The zero-order valence-electron chi connectivity index (χ0n) is 9.58. The number of halogens is 3. The molecule has 1 aliphatic heterocycles. The Morgan fingerprint density at radius 3 is 2.53 bits per heavy atom. The van der Waals surface area contributed by atoms with Crippen LogP contribution < -0.4 is 5.32 Å². The second kappa shape index (κ2) is 6.81. The van der Waals surface area contributed by atoms with Crippen LogP contribution in [-0.4, -0.2) is 19.7 Å². The fourth-order valence-corrected chi connectivity index (χ4v) is 2.20. The van der Waals surface area contributed by atoms with E-state index in [2.05, 4.69) is 5.32 Å². The molecule has 1 aromatic rings. The van der Waals surface area contributed by atoms with Crippen molar-refractivity contribution in [3.63, 3.8) is 0 Å². The van der Waals surface area contributed by atoms with Crippen LogP contribution in [0.1, 0.15) is 18.6 Å². The van der Waals surface area contributed by atoms with Gasteiger partial charge in [0, 0.05) is 25.6 Å². The van der Waals surface area contributed by atoms with Crippen LogP contribution in [0.4, 0.5) is 0 Å². The molecule has 0 aliphatic carbocycles. The van der Waals surface area contributed by atoms with Crippen molar-refractivity contribution < 1.29 is 4.74 Å². The molecular formula is C12H16Cl3NO. The average molecular weight is 297 g/mol. The summed E-state index contributed by atoms with van der Waals surface area (Å²) in [4.78, 5) is 0. The van der Waals surface area contributed by atoms with Crippen molar-refractivity contribution in [1.82, 2.24) is 5.32 Å². The predicted octanol–water partition coefficient (Wildman–Crippen LogP) is 3.71. The normalized spacial score (nSPS) is 17.1. The van der Waals surface area contributed by atoms with Crippen LogP contribution in [-0.2, 0) is 4.74 Å². The van der Waals surface area contributed by atoms with Gasteiger partial charge in [-0.3, -0.25) is 0 Å². The molecule has 96 valence electrons. The monoisotopic (exact) mass is 295 g/mol. The van der Waals surface area contributed by atoms with Crippen LogP contribution in [0.15, 0.2) is 18.2 Å². The highest BCUT2D eigenvalue weighted by molar-refractivity contribution is 6.42. The molecule has 17 heavy (non-hydrogen) atoms. The Bertz CT molecular complexity index is 369. The molecule has 5 heteroatoms. The van der Waals surface area contributed by atoms with E-state index in [0.29, 0.717) is 22.6 Å². The molecule has 1 N–H and O–H groups in total. The van der Waals surface area contributed by atoms with E-state index in [4.69, 9.17) is 27.9 Å². The van der Waals surface area contributed by atoms with E-state index in [-0.39, 0.29) is 18.5 Å². The SMILES string of the molecule is CCOC(c1ccc(Cl)c(Cl)c1)C1CNC1.Cl. The van der Waals surface area contributed by atoms with Crippen LogP contribution >= 0.6 is 35.6 Å². The highest BCUT2D eigenvalue weighted by Crippen LogP contribution is 2.32. The second-order valence-corrected chi connectivity index (χ2v) is 4.78. The van der Waals surface area contributed by atoms with E-state index >= 15 is 0 Å². The first-order chi connectivity index (χ1) is 7.72. The Hall–Kier alpha value is 0.01000. The van der Waals surface area contributed by atoms with Gasteiger partial charge in [0.2, 0.25) is 0 Å². The van der Waals surface area contributed by atoms with Crippen molar-refractivity contribution in [1.29, 1.82) is 0 Å². The Labute approximate surface area is 118 Å². The van der Waals surface area contributed by atoms with E-state index in [1.165, 1.54) is 0 Å². The van der Waals surface area contributed by atoms with Gasteiger partial charge in [-0.2, -0.15) is 0 Å². The van der Waals surface area contributed by atoms with Crippen molar-refractivity contribution in [2.24, 2.45) is 5.92 Å². The number of hydrogen-bond donors (Lipinski definition) is 1. The van der Waals surface area contributed by atoms with E-state index in [0.717, 1.165) is 18.7 Å². The molecule has 1 heterocycles. The summed E-state index contributed by atoms with van der Waals surface area (Å²) in [6.45, 7) is 4.73. The number of ether oxygens (including phenoxy) is 1. The van der Waals surface area contributed by atoms with Crippen LogP contribution in [0.3, 0.4) is 0 Å². The minimum Gasteiger partial charge on any atom is -0.373 e. The van der Waals surface area contributed by atoms with Crippen molar-refractivity contribution >= 4 is 35.6 Å². The average Bonchev–Trinajstić information content (AvgIpc) is 2.19. The molecule has 0 spiro atoms. The quantitative estimate of drug-likeness (QED) is 0.914. The van der Waals surface area contributed by atoms with E-state index < -0.39 is 0 Å². The molecule has 1 aliphatic rings. The number of nitrogens with one attached hydrogen (secondary N) is 1. The third-order valence-electron chi connectivity index (χ3n) is 2.86. The first kappa shape index (κ1) is 15.1. The molecule has 0 amide bonds. The highest BCUT2D eigenvalue weighted by Gasteiger charge is 2.29. The van der Waals surface area contributed by atoms with Gasteiger partial charge in [-0.05, 0) is 24.6 Å². The van der Waals surface area contributed by atoms with Gasteiger partial charge in [0.25, 0.3) is 0 Å². The lowest BCUT2D eigenvalue weighted by Crippen LogP contribution is -2.46. The minimum atomic E-state index is 0. The van der Waals surface area contributed by atoms with Crippen LogP contribution in [0.5, 0.6) is 0 Å². The molecule has 0 saturated carbocycles. The highest BCUT2D eigenvalue weighted by atomic mass is 35.5. The summed E-state index contributed by atoms with van der Waals surface area (Å²) in [5, 5.41) is 4.44. The molecule has 1 unspecified atom stereocenters. The molecule has 0 aromatic heterocycles. The Kier molecular flexibility index (Phi) is 6.04. The summed E-state index contributed by atoms with van der Waals surface area (Å²) >= 11 is 11.9. The first-order valence-corrected chi connectivity index (χ1v) is 6.25. The van der Waals surface area contributed by atoms with E-state index in [9.17, 15) is 0 Å². The lowest BCUT2D eigenvalue weighted by atomic mass is 9.91. The molecule has 1 fully saturated rings. The molecule has 1 aromatic carbocycles. The smallest absolute Gasteiger partial charge is 0.0877 e. The van der Waals surface area contributed by atoms with Crippen molar-refractivity contribution in [3.05, 3.63) is 33.8 Å². The predicted molar refractivity (Wildman–Crippen MR) is 74.4 cm³/mol. The third-order valence-corrected chi connectivity index (χ3v) is 3.60. The topological polar surface area (TPSA) is 21.3 Å². The summed E-state index contributed by atoms with van der Waals surface area (Å²) in [6.07, 6.45) is 0.126. The molecule has 2 nitrogen and oxygen atoms in total. The van der Waals surface area contributed by atoms with Gasteiger partial charge in [0.15, 0.2) is 0 Å². The summed E-state index contributed by atoms with van der Waals surface area (Å²) in [6, 6.07) is 5.73. The molecule has 2 rings (SSSR count). The number of benzene rings is 1. The van der Waals surface area contributed by atoms with Gasteiger partial charge in [0.1, 0.15) is 0 Å². The zero-order valence-corrected chi connectivity index (χ0v) is 11.9. The van der Waals surface area contributed by atoms with Crippen LogP contribution in [0, 0.1) is 5.92 Å². The third kappa shape index (κ3) is 3.49. The maximum Gasteiger partial charge on any atom is 0.0877 e. The summed E-state index contributed by atoms with van der Waals surface area (Å²) in [7, 11) is 0. The standard InChI is InChI=1S/C12H15Cl2NO.ClH/c1-2-16-12(9-6-15-7-9)8-3-4-10(13)11(14)5-8;/h3-5,9,12,15H,2,6-7H2,1H3;1H. The van der Waals surface area contributed by atoms with Gasteiger partial charge < -0.3 is 10.1 Å². The van der Waals surface area contributed by atoms with Crippen molar-refractivity contribution in [2.45, 2.75) is 13.0 Å². The maximum absolute atomic E-state index is 6.02.